The zero-order valence-electron chi connectivity index (χ0n) is 7.77. The SMILES string of the molecule is CC(=O)C(C)N(O)c1ccccc1. The summed E-state index contributed by atoms with van der Waals surface area (Å²) in [5.41, 5.74) is 0.630. The van der Waals surface area contributed by atoms with Crippen molar-refractivity contribution in [2.45, 2.75) is 19.9 Å². The van der Waals surface area contributed by atoms with Crippen molar-refractivity contribution in [2.24, 2.45) is 0 Å². The van der Waals surface area contributed by atoms with Gasteiger partial charge in [-0.2, -0.15) is 0 Å². The number of para-hydroxylation sites is 1. The summed E-state index contributed by atoms with van der Waals surface area (Å²) in [7, 11) is 0. The molecule has 0 aromatic heterocycles. The number of rotatable bonds is 3. The maximum atomic E-state index is 11.0. The van der Waals surface area contributed by atoms with E-state index in [-0.39, 0.29) is 5.78 Å². The molecule has 0 bridgehead atoms. The van der Waals surface area contributed by atoms with Gasteiger partial charge in [0.2, 0.25) is 0 Å². The Morgan fingerprint density at radius 3 is 2.38 bits per heavy atom. The van der Waals surface area contributed by atoms with Crippen molar-refractivity contribution in [1.29, 1.82) is 0 Å². The van der Waals surface area contributed by atoms with Gasteiger partial charge in [0.1, 0.15) is 6.04 Å². The molecular weight excluding hydrogens is 166 g/mol. The first-order valence-electron chi connectivity index (χ1n) is 4.16. The quantitative estimate of drug-likeness (QED) is 0.720. The number of nitrogens with zero attached hydrogens (tertiary/aromatic N) is 1. The normalized spacial score (nSPS) is 12.2. The van der Waals surface area contributed by atoms with E-state index in [1.807, 2.05) is 18.2 Å². The van der Waals surface area contributed by atoms with Gasteiger partial charge in [-0.3, -0.25) is 10.0 Å². The van der Waals surface area contributed by atoms with Crippen LogP contribution in [0.5, 0.6) is 0 Å². The van der Waals surface area contributed by atoms with Crippen molar-refractivity contribution in [1.82, 2.24) is 0 Å². The van der Waals surface area contributed by atoms with Gasteiger partial charge in [0.25, 0.3) is 0 Å². The van der Waals surface area contributed by atoms with Gasteiger partial charge in [-0.25, -0.2) is 5.06 Å². The predicted octanol–water partition coefficient (Wildman–Crippen LogP) is 1.86. The molecule has 0 aliphatic heterocycles. The standard InChI is InChI=1S/C10H13NO2/c1-8(9(2)12)11(13)10-6-4-3-5-7-10/h3-8,13H,1-2H3. The molecule has 1 N–H and O–H groups in total. The second-order valence-corrected chi connectivity index (χ2v) is 2.97. The number of anilines is 1. The van der Waals surface area contributed by atoms with E-state index >= 15 is 0 Å². The van der Waals surface area contributed by atoms with Gasteiger partial charge in [0, 0.05) is 0 Å². The Balaban J connectivity index is 2.79. The fourth-order valence-corrected chi connectivity index (χ4v) is 0.977. The molecule has 13 heavy (non-hydrogen) atoms. The van der Waals surface area contributed by atoms with Crippen LogP contribution < -0.4 is 5.06 Å². The molecule has 0 aliphatic carbocycles. The van der Waals surface area contributed by atoms with Crippen LogP contribution in [-0.2, 0) is 4.79 Å². The van der Waals surface area contributed by atoms with E-state index in [9.17, 15) is 10.0 Å². The molecule has 1 atom stereocenters. The topological polar surface area (TPSA) is 40.5 Å². The first-order chi connectivity index (χ1) is 6.13. The Kier molecular flexibility index (Phi) is 3.03. The van der Waals surface area contributed by atoms with Gasteiger partial charge < -0.3 is 0 Å². The van der Waals surface area contributed by atoms with Crippen molar-refractivity contribution in [2.75, 3.05) is 5.06 Å². The molecule has 70 valence electrons. The number of hydrogen-bond donors (Lipinski definition) is 1. The van der Waals surface area contributed by atoms with Crippen LogP contribution >= 0.6 is 0 Å². The fraction of sp³-hybridized carbons (Fsp3) is 0.300. The lowest BCUT2D eigenvalue weighted by atomic mass is 10.2. The molecule has 1 unspecified atom stereocenters. The second kappa shape index (κ2) is 4.05. The van der Waals surface area contributed by atoms with E-state index in [1.54, 1.807) is 19.1 Å². The molecule has 0 saturated carbocycles. The van der Waals surface area contributed by atoms with Crippen LogP contribution in [0.15, 0.2) is 30.3 Å². The van der Waals surface area contributed by atoms with Crippen molar-refractivity contribution in [3.05, 3.63) is 30.3 Å². The Hall–Kier alpha value is -1.35. The first-order valence-corrected chi connectivity index (χ1v) is 4.16. The fourth-order valence-electron chi connectivity index (χ4n) is 0.977. The monoisotopic (exact) mass is 179 g/mol. The van der Waals surface area contributed by atoms with E-state index in [0.717, 1.165) is 5.06 Å². The maximum absolute atomic E-state index is 11.0. The second-order valence-electron chi connectivity index (χ2n) is 2.97. The number of hydrogen-bond acceptors (Lipinski definition) is 3. The molecule has 0 radical (unpaired) electrons. The minimum absolute atomic E-state index is 0.0636. The highest BCUT2D eigenvalue weighted by Crippen LogP contribution is 2.13. The van der Waals surface area contributed by atoms with Crippen molar-refractivity contribution in [3.63, 3.8) is 0 Å². The molecule has 0 fully saturated rings. The van der Waals surface area contributed by atoms with E-state index in [2.05, 4.69) is 0 Å². The molecule has 3 heteroatoms. The van der Waals surface area contributed by atoms with E-state index in [0.29, 0.717) is 5.69 Å². The summed E-state index contributed by atoms with van der Waals surface area (Å²) in [4.78, 5) is 11.0. The molecule has 1 rings (SSSR count). The van der Waals surface area contributed by atoms with Crippen LogP contribution in [0.2, 0.25) is 0 Å². The summed E-state index contributed by atoms with van der Waals surface area (Å²) in [5.74, 6) is -0.0636. The third-order valence-electron chi connectivity index (χ3n) is 1.98. The minimum atomic E-state index is -0.498. The van der Waals surface area contributed by atoms with Crippen molar-refractivity contribution < 1.29 is 10.0 Å². The summed E-state index contributed by atoms with van der Waals surface area (Å²) >= 11 is 0. The highest BCUT2D eigenvalue weighted by Gasteiger charge is 2.15. The minimum Gasteiger partial charge on any atom is -0.298 e. The molecule has 0 heterocycles. The van der Waals surface area contributed by atoms with Crippen LogP contribution in [0.3, 0.4) is 0 Å². The number of Topliss-reactive ketones (excluding diaryl/α,β-unsaturated/α-hetero) is 1. The van der Waals surface area contributed by atoms with Crippen LogP contribution in [0.25, 0.3) is 0 Å². The van der Waals surface area contributed by atoms with Crippen molar-refractivity contribution in [3.8, 4) is 0 Å². The molecular formula is C10H13NO2. The lowest BCUT2D eigenvalue weighted by Gasteiger charge is -2.21. The lowest BCUT2D eigenvalue weighted by Crippen LogP contribution is -2.34. The summed E-state index contributed by atoms with van der Waals surface area (Å²) in [6, 6.07) is 8.48. The van der Waals surface area contributed by atoms with Gasteiger partial charge in [-0.05, 0) is 26.0 Å². The van der Waals surface area contributed by atoms with E-state index in [4.69, 9.17) is 0 Å². The Labute approximate surface area is 77.6 Å². The van der Waals surface area contributed by atoms with Gasteiger partial charge in [0.05, 0.1) is 5.69 Å². The molecule has 0 spiro atoms. The Bertz CT molecular complexity index is 284. The van der Waals surface area contributed by atoms with Crippen molar-refractivity contribution >= 4 is 11.5 Å². The molecule has 3 nitrogen and oxygen atoms in total. The highest BCUT2D eigenvalue weighted by atomic mass is 16.5. The van der Waals surface area contributed by atoms with Crippen LogP contribution in [0.4, 0.5) is 5.69 Å². The van der Waals surface area contributed by atoms with Gasteiger partial charge in [-0.1, -0.05) is 18.2 Å². The van der Waals surface area contributed by atoms with Gasteiger partial charge >= 0.3 is 0 Å². The number of ketones is 1. The van der Waals surface area contributed by atoms with Crippen LogP contribution in [0, 0.1) is 0 Å². The van der Waals surface area contributed by atoms with Gasteiger partial charge in [-0.15, -0.1) is 0 Å². The molecule has 1 aromatic rings. The summed E-state index contributed by atoms with van der Waals surface area (Å²) in [6.07, 6.45) is 0. The number of benzene rings is 1. The lowest BCUT2D eigenvalue weighted by molar-refractivity contribution is -0.119. The number of carbonyl (C=O) groups is 1. The number of carbonyl (C=O) groups excluding carboxylic acids is 1. The van der Waals surface area contributed by atoms with Gasteiger partial charge in [0.15, 0.2) is 5.78 Å². The third-order valence-corrected chi connectivity index (χ3v) is 1.98. The van der Waals surface area contributed by atoms with E-state index < -0.39 is 6.04 Å². The molecule has 0 amide bonds. The largest absolute Gasteiger partial charge is 0.298 e. The Morgan fingerprint density at radius 1 is 1.38 bits per heavy atom. The van der Waals surface area contributed by atoms with E-state index in [1.165, 1.54) is 6.92 Å². The van der Waals surface area contributed by atoms with Crippen LogP contribution in [0.1, 0.15) is 13.8 Å². The highest BCUT2D eigenvalue weighted by molar-refractivity contribution is 5.83. The zero-order valence-corrected chi connectivity index (χ0v) is 7.77. The average molecular weight is 179 g/mol. The summed E-state index contributed by atoms with van der Waals surface area (Å²) < 4.78 is 0. The molecule has 0 aliphatic rings. The zero-order chi connectivity index (χ0) is 9.84. The summed E-state index contributed by atoms with van der Waals surface area (Å²) in [5, 5.41) is 10.5. The average Bonchev–Trinajstić information content (AvgIpc) is 2.17. The van der Waals surface area contributed by atoms with Crippen LogP contribution in [-0.4, -0.2) is 17.0 Å². The first kappa shape index (κ1) is 9.74. The smallest absolute Gasteiger partial charge is 0.154 e. The third kappa shape index (κ3) is 2.29. The molecule has 0 saturated heterocycles. The molecule has 1 aromatic carbocycles. The predicted molar refractivity (Wildman–Crippen MR) is 50.9 cm³/mol. The number of hydroxylamine groups is 1. The summed E-state index contributed by atoms with van der Waals surface area (Å²) in [6.45, 7) is 3.12. The Morgan fingerprint density at radius 2 is 1.92 bits per heavy atom. The maximum Gasteiger partial charge on any atom is 0.154 e.